The molecule has 0 saturated carbocycles. The number of nitrogens with zero attached hydrogens (tertiary/aromatic N) is 3. The maximum Gasteiger partial charge on any atom is 0.249 e. The monoisotopic (exact) mass is 339 g/mol. The molecule has 5 nitrogen and oxygen atoms in total. The van der Waals surface area contributed by atoms with Crippen molar-refractivity contribution in [1.29, 1.82) is 0 Å². The minimum absolute atomic E-state index is 0.416. The van der Waals surface area contributed by atoms with Crippen LogP contribution in [0.4, 0.5) is 23.1 Å². The summed E-state index contributed by atoms with van der Waals surface area (Å²) in [4.78, 5) is 4.47. The van der Waals surface area contributed by atoms with Gasteiger partial charge in [0.05, 0.1) is 6.20 Å². The van der Waals surface area contributed by atoms with Crippen molar-refractivity contribution in [3.05, 3.63) is 64.8 Å². The largest absolute Gasteiger partial charge is 0.339 e. The summed E-state index contributed by atoms with van der Waals surface area (Å²) in [5.74, 6) is 1.05. The lowest BCUT2D eigenvalue weighted by Gasteiger charge is -2.11. The Hall–Kier alpha value is -2.66. The molecule has 0 fully saturated rings. The van der Waals surface area contributed by atoms with E-state index in [0.717, 1.165) is 23.4 Å². The van der Waals surface area contributed by atoms with Crippen LogP contribution in [0.15, 0.2) is 48.7 Å². The highest BCUT2D eigenvalue weighted by molar-refractivity contribution is 6.30. The summed E-state index contributed by atoms with van der Waals surface area (Å²) in [6.45, 7) is 4.11. The lowest BCUT2D eigenvalue weighted by molar-refractivity contribution is 0.981. The molecule has 0 saturated heterocycles. The molecule has 1 heterocycles. The van der Waals surface area contributed by atoms with E-state index in [0.29, 0.717) is 16.8 Å². The summed E-state index contributed by atoms with van der Waals surface area (Å²) in [5.41, 5.74) is 4.15. The summed E-state index contributed by atoms with van der Waals surface area (Å²) in [6, 6.07) is 13.8. The van der Waals surface area contributed by atoms with Gasteiger partial charge in [0.1, 0.15) is 0 Å². The van der Waals surface area contributed by atoms with Gasteiger partial charge in [-0.2, -0.15) is 10.1 Å². The minimum atomic E-state index is 0.416. The van der Waals surface area contributed by atoms with Crippen LogP contribution in [0, 0.1) is 6.92 Å². The van der Waals surface area contributed by atoms with Crippen molar-refractivity contribution in [2.45, 2.75) is 20.3 Å². The molecular formula is C18H18ClN5. The highest BCUT2D eigenvalue weighted by Gasteiger charge is 2.06. The van der Waals surface area contributed by atoms with Gasteiger partial charge in [0.25, 0.3) is 0 Å². The Labute approximate surface area is 146 Å². The molecular weight excluding hydrogens is 322 g/mol. The van der Waals surface area contributed by atoms with Crippen molar-refractivity contribution in [2.75, 3.05) is 10.6 Å². The van der Waals surface area contributed by atoms with Gasteiger partial charge in [-0.05, 0) is 42.7 Å². The summed E-state index contributed by atoms with van der Waals surface area (Å²) in [7, 11) is 0. The molecule has 3 aromatic rings. The maximum absolute atomic E-state index is 6.05. The van der Waals surface area contributed by atoms with E-state index in [4.69, 9.17) is 11.6 Å². The van der Waals surface area contributed by atoms with Crippen LogP contribution < -0.4 is 10.6 Å². The molecule has 0 radical (unpaired) electrons. The van der Waals surface area contributed by atoms with Crippen molar-refractivity contribution in [2.24, 2.45) is 0 Å². The first-order valence-corrected chi connectivity index (χ1v) is 8.11. The molecule has 1 aromatic heterocycles. The van der Waals surface area contributed by atoms with Gasteiger partial charge in [0.2, 0.25) is 5.95 Å². The number of nitrogens with one attached hydrogen (secondary N) is 2. The second kappa shape index (κ2) is 7.27. The van der Waals surface area contributed by atoms with E-state index in [-0.39, 0.29) is 0 Å². The summed E-state index contributed by atoms with van der Waals surface area (Å²) in [5, 5.41) is 15.2. The Morgan fingerprint density at radius 2 is 1.88 bits per heavy atom. The molecule has 0 spiro atoms. The Kier molecular flexibility index (Phi) is 4.91. The molecule has 0 atom stereocenters. The molecule has 24 heavy (non-hydrogen) atoms. The number of aryl methyl sites for hydroxylation is 2. The van der Waals surface area contributed by atoms with E-state index in [9.17, 15) is 0 Å². The molecule has 0 bridgehead atoms. The highest BCUT2D eigenvalue weighted by Crippen LogP contribution is 2.24. The van der Waals surface area contributed by atoms with Crippen LogP contribution in [-0.2, 0) is 6.42 Å². The second-order valence-electron chi connectivity index (χ2n) is 5.39. The number of hydrogen-bond donors (Lipinski definition) is 2. The Morgan fingerprint density at radius 1 is 1.04 bits per heavy atom. The van der Waals surface area contributed by atoms with E-state index in [1.165, 1.54) is 5.56 Å². The van der Waals surface area contributed by atoms with Crippen molar-refractivity contribution in [3.8, 4) is 0 Å². The SMILES string of the molecule is CCc1ccccc1Nc1cnnc(Nc2cc(Cl)ccc2C)n1. The van der Waals surface area contributed by atoms with Crippen molar-refractivity contribution >= 4 is 34.7 Å². The Bertz CT molecular complexity index is 850. The Balaban J connectivity index is 1.83. The average molecular weight is 340 g/mol. The molecule has 3 rings (SSSR count). The van der Waals surface area contributed by atoms with Gasteiger partial charge in [0.15, 0.2) is 5.82 Å². The van der Waals surface area contributed by atoms with Gasteiger partial charge in [-0.3, -0.25) is 0 Å². The van der Waals surface area contributed by atoms with Gasteiger partial charge in [0, 0.05) is 16.4 Å². The van der Waals surface area contributed by atoms with Crippen molar-refractivity contribution < 1.29 is 0 Å². The van der Waals surface area contributed by atoms with E-state index in [1.54, 1.807) is 6.20 Å². The molecule has 0 aliphatic rings. The smallest absolute Gasteiger partial charge is 0.249 e. The number of anilines is 4. The molecule has 6 heteroatoms. The van der Waals surface area contributed by atoms with E-state index in [1.807, 2.05) is 43.3 Å². The molecule has 2 aromatic carbocycles. The topological polar surface area (TPSA) is 62.7 Å². The van der Waals surface area contributed by atoms with Crippen molar-refractivity contribution in [1.82, 2.24) is 15.2 Å². The number of hydrogen-bond acceptors (Lipinski definition) is 5. The lowest BCUT2D eigenvalue weighted by atomic mass is 10.1. The van der Waals surface area contributed by atoms with Gasteiger partial charge in [-0.1, -0.05) is 42.8 Å². The summed E-state index contributed by atoms with van der Waals surface area (Å²) in [6.07, 6.45) is 2.54. The highest BCUT2D eigenvalue weighted by atomic mass is 35.5. The molecule has 2 N–H and O–H groups in total. The van der Waals surface area contributed by atoms with E-state index >= 15 is 0 Å². The van der Waals surface area contributed by atoms with Gasteiger partial charge >= 0.3 is 0 Å². The van der Waals surface area contributed by atoms with Crippen LogP contribution in [-0.4, -0.2) is 15.2 Å². The van der Waals surface area contributed by atoms with Crippen LogP contribution in [0.25, 0.3) is 0 Å². The molecule has 0 unspecified atom stereocenters. The number of halogens is 1. The minimum Gasteiger partial charge on any atom is -0.339 e. The van der Waals surface area contributed by atoms with E-state index in [2.05, 4.69) is 38.8 Å². The second-order valence-corrected chi connectivity index (χ2v) is 5.82. The predicted octanol–water partition coefficient (Wildman–Crippen LogP) is 4.88. The first-order chi connectivity index (χ1) is 11.7. The normalized spacial score (nSPS) is 10.5. The molecule has 0 amide bonds. The fourth-order valence-electron chi connectivity index (χ4n) is 2.35. The fourth-order valence-corrected chi connectivity index (χ4v) is 2.53. The quantitative estimate of drug-likeness (QED) is 0.693. The van der Waals surface area contributed by atoms with Crippen LogP contribution in [0.5, 0.6) is 0 Å². The average Bonchev–Trinajstić information content (AvgIpc) is 2.59. The van der Waals surface area contributed by atoms with E-state index < -0.39 is 0 Å². The molecule has 0 aliphatic heterocycles. The predicted molar refractivity (Wildman–Crippen MR) is 98.4 cm³/mol. The van der Waals surface area contributed by atoms with Gasteiger partial charge in [-0.15, -0.1) is 5.10 Å². The third-order valence-electron chi connectivity index (χ3n) is 3.67. The molecule has 0 aliphatic carbocycles. The van der Waals surface area contributed by atoms with Crippen LogP contribution in [0.1, 0.15) is 18.1 Å². The van der Waals surface area contributed by atoms with Gasteiger partial charge in [-0.25, -0.2) is 0 Å². The first-order valence-electron chi connectivity index (χ1n) is 7.73. The molecule has 122 valence electrons. The zero-order valence-electron chi connectivity index (χ0n) is 13.5. The zero-order chi connectivity index (χ0) is 16.9. The van der Waals surface area contributed by atoms with Crippen LogP contribution in [0.3, 0.4) is 0 Å². The number of benzene rings is 2. The maximum atomic E-state index is 6.05. The zero-order valence-corrected chi connectivity index (χ0v) is 14.3. The van der Waals surface area contributed by atoms with Crippen LogP contribution in [0.2, 0.25) is 5.02 Å². The number of para-hydroxylation sites is 1. The van der Waals surface area contributed by atoms with Crippen molar-refractivity contribution in [3.63, 3.8) is 0 Å². The summed E-state index contributed by atoms with van der Waals surface area (Å²) < 4.78 is 0. The fraction of sp³-hybridized carbons (Fsp3) is 0.167. The van der Waals surface area contributed by atoms with Crippen LogP contribution >= 0.6 is 11.6 Å². The summed E-state index contributed by atoms with van der Waals surface area (Å²) >= 11 is 6.05. The number of rotatable bonds is 5. The lowest BCUT2D eigenvalue weighted by Crippen LogP contribution is -2.04. The van der Waals surface area contributed by atoms with Gasteiger partial charge < -0.3 is 10.6 Å². The first kappa shape index (κ1) is 16.2. The number of aromatic nitrogens is 3. The Morgan fingerprint density at radius 3 is 2.71 bits per heavy atom. The standard InChI is InChI=1S/C18H18ClN5/c1-3-13-6-4-5-7-15(13)21-17-11-20-24-18(23-17)22-16-10-14(19)9-8-12(16)2/h4-11H,3H2,1-2H3,(H2,21,22,23,24). The third-order valence-corrected chi connectivity index (χ3v) is 3.90. The third kappa shape index (κ3) is 3.81.